The lowest BCUT2D eigenvalue weighted by Crippen LogP contribution is -2.47. The van der Waals surface area contributed by atoms with Crippen molar-refractivity contribution in [2.75, 3.05) is 0 Å². The van der Waals surface area contributed by atoms with E-state index in [2.05, 4.69) is 21.2 Å². The topological polar surface area (TPSA) is 71.3 Å². The number of nitrogens with zero attached hydrogens (tertiary/aromatic N) is 1. The first-order valence-electron chi connectivity index (χ1n) is 6.78. The Kier molecular flexibility index (Phi) is 4.22. The molecule has 0 saturated heterocycles. The Balaban J connectivity index is 2.17. The largest absolute Gasteiger partial charge is 0.481 e. The molecule has 0 aromatic carbocycles. The standard InChI is InChI=1S/C14H19BrN2O3/c1-3-17-8-9(15)7-10(17)12(18)16-11-5-4-6-14(11,2)13(19)20/h7-8,11H,3-6H2,1-2H3,(H,16,18)(H,19,20). The molecule has 20 heavy (non-hydrogen) atoms. The van der Waals surface area contributed by atoms with Gasteiger partial charge in [0, 0.05) is 23.3 Å². The van der Waals surface area contributed by atoms with Crippen molar-refractivity contribution in [3.05, 3.63) is 22.4 Å². The molecule has 1 aliphatic carbocycles. The third kappa shape index (κ3) is 2.61. The summed E-state index contributed by atoms with van der Waals surface area (Å²) >= 11 is 3.36. The maximum Gasteiger partial charge on any atom is 0.311 e. The minimum atomic E-state index is -0.865. The van der Waals surface area contributed by atoms with Crippen molar-refractivity contribution in [3.8, 4) is 0 Å². The van der Waals surface area contributed by atoms with Crippen molar-refractivity contribution in [3.63, 3.8) is 0 Å². The molecule has 0 bridgehead atoms. The number of amides is 1. The predicted octanol–water partition coefficient (Wildman–Crippen LogP) is 2.64. The van der Waals surface area contributed by atoms with Crippen LogP contribution in [0.25, 0.3) is 0 Å². The second-order valence-corrected chi connectivity index (χ2v) is 6.39. The van der Waals surface area contributed by atoms with Crippen LogP contribution in [0.1, 0.15) is 43.6 Å². The van der Waals surface area contributed by atoms with E-state index < -0.39 is 11.4 Å². The first kappa shape index (κ1) is 15.1. The van der Waals surface area contributed by atoms with E-state index in [4.69, 9.17) is 0 Å². The summed E-state index contributed by atoms with van der Waals surface area (Å²) in [5.74, 6) is -1.05. The number of hydrogen-bond donors (Lipinski definition) is 2. The van der Waals surface area contributed by atoms with Gasteiger partial charge in [-0.3, -0.25) is 9.59 Å². The van der Waals surface area contributed by atoms with Crippen LogP contribution in [0.2, 0.25) is 0 Å². The third-order valence-corrected chi connectivity index (χ3v) is 4.62. The van der Waals surface area contributed by atoms with Crippen LogP contribution in [-0.4, -0.2) is 27.6 Å². The minimum absolute atomic E-state index is 0.211. The molecule has 0 aliphatic heterocycles. The highest BCUT2D eigenvalue weighted by atomic mass is 79.9. The maximum atomic E-state index is 12.4. The van der Waals surface area contributed by atoms with Crippen molar-refractivity contribution in [2.24, 2.45) is 5.41 Å². The Morgan fingerprint density at radius 3 is 2.90 bits per heavy atom. The Bertz CT molecular complexity index is 541. The van der Waals surface area contributed by atoms with E-state index in [-0.39, 0.29) is 11.9 Å². The van der Waals surface area contributed by atoms with Gasteiger partial charge in [-0.25, -0.2) is 0 Å². The average Bonchev–Trinajstić information content (AvgIpc) is 2.94. The van der Waals surface area contributed by atoms with Gasteiger partial charge < -0.3 is 15.0 Å². The van der Waals surface area contributed by atoms with Gasteiger partial charge in [0.25, 0.3) is 5.91 Å². The van der Waals surface area contributed by atoms with Crippen LogP contribution in [-0.2, 0) is 11.3 Å². The first-order chi connectivity index (χ1) is 9.38. The molecule has 1 fully saturated rings. The molecule has 6 heteroatoms. The van der Waals surface area contributed by atoms with Crippen LogP contribution < -0.4 is 5.32 Å². The van der Waals surface area contributed by atoms with Crippen molar-refractivity contribution in [2.45, 2.75) is 45.7 Å². The van der Waals surface area contributed by atoms with Crippen LogP contribution in [0.3, 0.4) is 0 Å². The number of aromatic nitrogens is 1. The van der Waals surface area contributed by atoms with E-state index in [1.165, 1.54) is 0 Å². The number of carboxylic acids is 1. The average molecular weight is 343 g/mol. The van der Waals surface area contributed by atoms with Crippen LogP contribution >= 0.6 is 15.9 Å². The van der Waals surface area contributed by atoms with Crippen molar-refractivity contribution >= 4 is 27.8 Å². The SMILES string of the molecule is CCn1cc(Br)cc1C(=O)NC1CCCC1(C)C(=O)O. The van der Waals surface area contributed by atoms with Crippen LogP contribution in [0.5, 0.6) is 0 Å². The van der Waals surface area contributed by atoms with Gasteiger partial charge in [0.15, 0.2) is 0 Å². The van der Waals surface area contributed by atoms with E-state index in [0.717, 1.165) is 10.9 Å². The monoisotopic (exact) mass is 342 g/mol. The summed E-state index contributed by atoms with van der Waals surface area (Å²) in [7, 11) is 0. The minimum Gasteiger partial charge on any atom is -0.481 e. The molecule has 5 nitrogen and oxygen atoms in total. The molecule has 1 amide bonds. The summed E-state index contributed by atoms with van der Waals surface area (Å²) in [6, 6.07) is 1.44. The molecule has 1 aliphatic rings. The molecule has 1 saturated carbocycles. The fourth-order valence-corrected chi connectivity index (χ4v) is 3.28. The Hall–Kier alpha value is -1.30. The van der Waals surface area contributed by atoms with Gasteiger partial charge in [-0.15, -0.1) is 0 Å². The number of hydrogen-bond acceptors (Lipinski definition) is 2. The Morgan fingerprint density at radius 2 is 2.30 bits per heavy atom. The Labute approximate surface area is 126 Å². The molecular formula is C14H19BrN2O3. The predicted molar refractivity (Wildman–Crippen MR) is 78.7 cm³/mol. The normalized spacial score (nSPS) is 25.6. The maximum absolute atomic E-state index is 12.4. The fourth-order valence-electron chi connectivity index (χ4n) is 2.81. The quantitative estimate of drug-likeness (QED) is 0.883. The van der Waals surface area contributed by atoms with Crippen molar-refractivity contribution in [1.29, 1.82) is 0 Å². The van der Waals surface area contributed by atoms with E-state index >= 15 is 0 Å². The summed E-state index contributed by atoms with van der Waals surface area (Å²) in [5.41, 5.74) is -0.310. The lowest BCUT2D eigenvalue weighted by molar-refractivity contribution is -0.148. The molecule has 110 valence electrons. The molecular weight excluding hydrogens is 324 g/mol. The van der Waals surface area contributed by atoms with Gasteiger partial charge in [0.05, 0.1) is 5.41 Å². The van der Waals surface area contributed by atoms with Gasteiger partial charge in [-0.05, 0) is 48.7 Å². The van der Waals surface area contributed by atoms with Gasteiger partial charge >= 0.3 is 5.97 Å². The zero-order valence-electron chi connectivity index (χ0n) is 11.6. The lowest BCUT2D eigenvalue weighted by Gasteiger charge is -2.27. The van der Waals surface area contributed by atoms with Gasteiger partial charge in [-0.1, -0.05) is 6.42 Å². The van der Waals surface area contributed by atoms with Crippen molar-refractivity contribution < 1.29 is 14.7 Å². The zero-order chi connectivity index (χ0) is 14.9. The van der Waals surface area contributed by atoms with Gasteiger partial charge in [0.1, 0.15) is 5.69 Å². The highest BCUT2D eigenvalue weighted by molar-refractivity contribution is 9.10. The molecule has 0 radical (unpaired) electrons. The fraction of sp³-hybridized carbons (Fsp3) is 0.571. The summed E-state index contributed by atoms with van der Waals surface area (Å²) in [4.78, 5) is 23.8. The number of rotatable bonds is 4. The highest BCUT2D eigenvalue weighted by Crippen LogP contribution is 2.38. The number of carbonyl (C=O) groups excluding carboxylic acids is 1. The second kappa shape index (κ2) is 5.60. The van der Waals surface area contributed by atoms with E-state index in [9.17, 15) is 14.7 Å². The zero-order valence-corrected chi connectivity index (χ0v) is 13.2. The number of carboxylic acid groups (broad SMARTS) is 1. The molecule has 2 unspecified atom stereocenters. The Morgan fingerprint density at radius 1 is 1.60 bits per heavy atom. The second-order valence-electron chi connectivity index (χ2n) is 5.47. The molecule has 2 N–H and O–H groups in total. The van der Waals surface area contributed by atoms with Crippen LogP contribution in [0.15, 0.2) is 16.7 Å². The number of aliphatic carboxylic acids is 1. The van der Waals surface area contributed by atoms with Gasteiger partial charge in [0.2, 0.25) is 0 Å². The molecule has 0 spiro atoms. The van der Waals surface area contributed by atoms with Gasteiger partial charge in [-0.2, -0.15) is 0 Å². The molecule has 2 rings (SSSR count). The smallest absolute Gasteiger partial charge is 0.311 e. The number of aryl methyl sites for hydroxylation is 1. The van der Waals surface area contributed by atoms with Crippen LogP contribution in [0.4, 0.5) is 0 Å². The van der Waals surface area contributed by atoms with Crippen LogP contribution in [0, 0.1) is 5.41 Å². The highest BCUT2D eigenvalue weighted by Gasteiger charge is 2.46. The summed E-state index contributed by atoms with van der Waals surface area (Å²) in [6.07, 6.45) is 3.99. The van der Waals surface area contributed by atoms with E-state index in [1.54, 1.807) is 13.0 Å². The van der Waals surface area contributed by atoms with E-state index in [1.807, 2.05) is 17.7 Å². The molecule has 1 aromatic heterocycles. The molecule has 2 atom stereocenters. The first-order valence-corrected chi connectivity index (χ1v) is 7.57. The van der Waals surface area contributed by atoms with E-state index in [0.29, 0.717) is 25.1 Å². The number of carbonyl (C=O) groups is 2. The van der Waals surface area contributed by atoms with Crippen molar-refractivity contribution in [1.82, 2.24) is 9.88 Å². The number of halogens is 1. The molecule has 1 aromatic rings. The lowest BCUT2D eigenvalue weighted by atomic mass is 9.85. The molecule has 1 heterocycles. The number of nitrogens with one attached hydrogen (secondary N) is 1. The summed E-state index contributed by atoms with van der Waals surface area (Å²) in [5, 5.41) is 12.3. The summed E-state index contributed by atoms with van der Waals surface area (Å²) in [6.45, 7) is 4.36. The third-order valence-electron chi connectivity index (χ3n) is 4.19. The summed E-state index contributed by atoms with van der Waals surface area (Å²) < 4.78 is 2.68.